The van der Waals surface area contributed by atoms with E-state index in [-0.39, 0.29) is 0 Å². The van der Waals surface area contributed by atoms with Gasteiger partial charge in [-0.25, -0.2) is 4.68 Å². The molecule has 1 heterocycles. The summed E-state index contributed by atoms with van der Waals surface area (Å²) in [4.78, 5) is 0. The highest BCUT2D eigenvalue weighted by atomic mass is 79.9. The van der Waals surface area contributed by atoms with E-state index in [4.69, 9.17) is 4.74 Å². The fourth-order valence-corrected chi connectivity index (χ4v) is 1.59. The quantitative estimate of drug-likeness (QED) is 0.854. The van der Waals surface area contributed by atoms with Crippen molar-refractivity contribution in [3.05, 3.63) is 41.0 Å². The number of benzene rings is 1. The van der Waals surface area contributed by atoms with Gasteiger partial charge in [0.1, 0.15) is 0 Å². The molecule has 1 aromatic heterocycles. The third-order valence-corrected chi connectivity index (χ3v) is 2.50. The first-order valence-electron chi connectivity index (χ1n) is 4.74. The number of hydrogen-bond acceptors (Lipinski definition) is 2. The molecule has 0 spiro atoms. The Bertz CT molecular complexity index is 436. The van der Waals surface area contributed by atoms with E-state index in [9.17, 15) is 0 Å². The lowest BCUT2D eigenvalue weighted by molar-refractivity contribution is 0.316. The van der Waals surface area contributed by atoms with Crippen LogP contribution in [0.5, 0.6) is 5.88 Å². The van der Waals surface area contributed by atoms with Crippen LogP contribution in [0.15, 0.2) is 41.0 Å². The largest absolute Gasteiger partial charge is 0.478 e. The van der Waals surface area contributed by atoms with Gasteiger partial charge in [-0.15, -0.1) is 0 Å². The van der Waals surface area contributed by atoms with E-state index in [0.717, 1.165) is 16.0 Å². The molecule has 0 bridgehead atoms. The van der Waals surface area contributed by atoms with Gasteiger partial charge in [-0.3, -0.25) is 0 Å². The predicted octanol–water partition coefficient (Wildman–Crippen LogP) is 3.03. The molecule has 0 amide bonds. The Morgan fingerprint density at radius 1 is 1.27 bits per heavy atom. The minimum atomic E-state index is 0.641. The number of rotatable bonds is 3. The van der Waals surface area contributed by atoms with E-state index in [1.54, 1.807) is 10.9 Å². The molecule has 0 radical (unpaired) electrons. The lowest BCUT2D eigenvalue weighted by Gasteiger charge is -2.07. The molecular weight excluding hydrogens is 256 g/mol. The Morgan fingerprint density at radius 2 is 2.00 bits per heavy atom. The summed E-state index contributed by atoms with van der Waals surface area (Å²) in [6, 6.07) is 9.78. The molecule has 1 aromatic carbocycles. The van der Waals surface area contributed by atoms with E-state index in [0.29, 0.717) is 6.61 Å². The summed E-state index contributed by atoms with van der Waals surface area (Å²) in [5.41, 5.74) is 0.992. The van der Waals surface area contributed by atoms with Gasteiger partial charge in [-0.05, 0) is 31.2 Å². The highest BCUT2D eigenvalue weighted by Gasteiger charge is 2.04. The average Bonchev–Trinajstić information content (AvgIpc) is 2.68. The van der Waals surface area contributed by atoms with Crippen LogP contribution in [0.1, 0.15) is 6.92 Å². The molecule has 0 aliphatic rings. The fourth-order valence-electron chi connectivity index (χ4n) is 1.32. The molecule has 0 saturated heterocycles. The van der Waals surface area contributed by atoms with Crippen molar-refractivity contribution in [3.63, 3.8) is 0 Å². The first-order valence-corrected chi connectivity index (χ1v) is 5.53. The van der Waals surface area contributed by atoms with Gasteiger partial charge < -0.3 is 4.74 Å². The van der Waals surface area contributed by atoms with E-state index in [1.807, 2.05) is 37.3 Å². The van der Waals surface area contributed by atoms with Gasteiger partial charge in [0, 0.05) is 10.5 Å². The third kappa shape index (κ3) is 2.21. The van der Waals surface area contributed by atoms with Crippen LogP contribution < -0.4 is 4.74 Å². The molecule has 2 aromatic rings. The van der Waals surface area contributed by atoms with Crippen LogP contribution in [0.2, 0.25) is 0 Å². The summed E-state index contributed by atoms with van der Waals surface area (Å²) in [7, 11) is 0. The smallest absolute Gasteiger partial charge is 0.216 e. The molecule has 0 unspecified atom stereocenters. The van der Waals surface area contributed by atoms with Crippen molar-refractivity contribution >= 4 is 15.9 Å². The van der Waals surface area contributed by atoms with Crippen molar-refractivity contribution in [2.24, 2.45) is 0 Å². The minimum absolute atomic E-state index is 0.641. The maximum absolute atomic E-state index is 5.45. The van der Waals surface area contributed by atoms with Gasteiger partial charge in [0.25, 0.3) is 0 Å². The molecule has 3 nitrogen and oxygen atoms in total. The second kappa shape index (κ2) is 4.49. The van der Waals surface area contributed by atoms with Crippen molar-refractivity contribution in [1.82, 2.24) is 9.78 Å². The van der Waals surface area contributed by atoms with Crippen molar-refractivity contribution < 1.29 is 4.74 Å². The molecule has 15 heavy (non-hydrogen) atoms. The molecule has 4 heteroatoms. The second-order valence-corrected chi connectivity index (χ2v) is 3.91. The van der Waals surface area contributed by atoms with Crippen LogP contribution >= 0.6 is 15.9 Å². The average molecular weight is 267 g/mol. The minimum Gasteiger partial charge on any atom is -0.478 e. The third-order valence-electron chi connectivity index (χ3n) is 1.97. The molecule has 78 valence electrons. The van der Waals surface area contributed by atoms with Crippen molar-refractivity contribution in [1.29, 1.82) is 0 Å². The lowest BCUT2D eigenvalue weighted by atomic mass is 10.3. The molecule has 0 aliphatic heterocycles. The normalized spacial score (nSPS) is 10.3. The van der Waals surface area contributed by atoms with Gasteiger partial charge in [0.05, 0.1) is 18.5 Å². The number of aromatic nitrogens is 2. The Morgan fingerprint density at radius 3 is 2.67 bits per heavy atom. The molecule has 0 atom stereocenters. The number of hydrogen-bond donors (Lipinski definition) is 0. The van der Waals surface area contributed by atoms with E-state index < -0.39 is 0 Å². The van der Waals surface area contributed by atoms with Crippen molar-refractivity contribution in [2.45, 2.75) is 6.92 Å². The molecule has 0 aliphatic carbocycles. The van der Waals surface area contributed by atoms with E-state index in [2.05, 4.69) is 21.0 Å². The Kier molecular flexibility index (Phi) is 3.06. The lowest BCUT2D eigenvalue weighted by Crippen LogP contribution is -2.01. The topological polar surface area (TPSA) is 27.1 Å². The molecule has 0 N–H and O–H groups in total. The predicted molar refractivity (Wildman–Crippen MR) is 62.4 cm³/mol. The number of nitrogens with zero attached hydrogens (tertiary/aromatic N) is 2. The van der Waals surface area contributed by atoms with Gasteiger partial charge in [0.15, 0.2) is 0 Å². The number of halogens is 1. The van der Waals surface area contributed by atoms with Crippen LogP contribution in [0.4, 0.5) is 0 Å². The SMILES string of the molecule is CCOc1ccnn1-c1ccc(Br)cc1. The first-order chi connectivity index (χ1) is 7.31. The Hall–Kier alpha value is -1.29. The molecule has 0 fully saturated rings. The fraction of sp³-hybridized carbons (Fsp3) is 0.182. The summed E-state index contributed by atoms with van der Waals surface area (Å²) in [5, 5.41) is 4.21. The van der Waals surface area contributed by atoms with Gasteiger partial charge in [-0.1, -0.05) is 15.9 Å². The summed E-state index contributed by atoms with van der Waals surface area (Å²) in [5.74, 6) is 0.764. The Balaban J connectivity index is 2.36. The maximum atomic E-state index is 5.45. The van der Waals surface area contributed by atoms with Crippen LogP contribution in [-0.4, -0.2) is 16.4 Å². The van der Waals surface area contributed by atoms with Gasteiger partial charge in [0.2, 0.25) is 5.88 Å². The van der Waals surface area contributed by atoms with Crippen LogP contribution in [0, 0.1) is 0 Å². The standard InChI is InChI=1S/C11H11BrN2O/c1-2-15-11-7-8-13-14(11)10-5-3-9(12)4-6-10/h3-8H,2H2,1H3. The second-order valence-electron chi connectivity index (χ2n) is 2.99. The summed E-state index contributed by atoms with van der Waals surface area (Å²) < 4.78 is 8.28. The van der Waals surface area contributed by atoms with Crippen LogP contribution in [-0.2, 0) is 0 Å². The zero-order chi connectivity index (χ0) is 10.7. The zero-order valence-electron chi connectivity index (χ0n) is 8.35. The monoisotopic (exact) mass is 266 g/mol. The molecule has 0 saturated carbocycles. The molecular formula is C11H11BrN2O. The maximum Gasteiger partial charge on any atom is 0.216 e. The Labute approximate surface area is 96.8 Å². The van der Waals surface area contributed by atoms with Crippen molar-refractivity contribution in [2.75, 3.05) is 6.61 Å². The first kappa shape index (κ1) is 10.2. The van der Waals surface area contributed by atoms with Gasteiger partial charge >= 0.3 is 0 Å². The summed E-state index contributed by atoms with van der Waals surface area (Å²) in [6.07, 6.45) is 1.73. The zero-order valence-corrected chi connectivity index (χ0v) is 9.94. The van der Waals surface area contributed by atoms with E-state index >= 15 is 0 Å². The number of ether oxygens (including phenoxy) is 1. The highest BCUT2D eigenvalue weighted by molar-refractivity contribution is 9.10. The van der Waals surface area contributed by atoms with Crippen LogP contribution in [0.25, 0.3) is 5.69 Å². The summed E-state index contributed by atoms with van der Waals surface area (Å²) >= 11 is 3.40. The van der Waals surface area contributed by atoms with E-state index in [1.165, 1.54) is 0 Å². The summed E-state index contributed by atoms with van der Waals surface area (Å²) in [6.45, 7) is 2.60. The molecule has 2 rings (SSSR count). The highest BCUT2D eigenvalue weighted by Crippen LogP contribution is 2.18. The van der Waals surface area contributed by atoms with Gasteiger partial charge in [-0.2, -0.15) is 5.10 Å². The van der Waals surface area contributed by atoms with Crippen molar-refractivity contribution in [3.8, 4) is 11.6 Å². The van der Waals surface area contributed by atoms with Crippen LogP contribution in [0.3, 0.4) is 0 Å².